The third-order valence-electron chi connectivity index (χ3n) is 2.86. The molecule has 0 spiro atoms. The number of carbonyl (C=O) groups is 1. The highest BCUT2D eigenvalue weighted by Crippen LogP contribution is 2.32. The van der Waals surface area contributed by atoms with E-state index in [0.717, 1.165) is 0 Å². The summed E-state index contributed by atoms with van der Waals surface area (Å²) in [5.74, 6) is -0.921. The molecule has 0 fully saturated rings. The molecular formula is C14H14FN3O2. The van der Waals surface area contributed by atoms with Crippen molar-refractivity contribution >= 4 is 17.3 Å². The van der Waals surface area contributed by atoms with Gasteiger partial charge in [0.2, 0.25) is 0 Å². The third-order valence-corrected chi connectivity index (χ3v) is 2.86. The molecule has 0 unspecified atom stereocenters. The maximum Gasteiger partial charge on any atom is 0.309 e. The second-order valence-electron chi connectivity index (χ2n) is 4.23. The molecule has 0 saturated carbocycles. The van der Waals surface area contributed by atoms with Crippen LogP contribution in [0.1, 0.15) is 5.56 Å². The molecule has 1 aromatic carbocycles. The van der Waals surface area contributed by atoms with Crippen LogP contribution < -0.4 is 11.5 Å². The first-order valence-corrected chi connectivity index (χ1v) is 5.88. The van der Waals surface area contributed by atoms with E-state index in [0.29, 0.717) is 11.1 Å². The number of halogens is 1. The van der Waals surface area contributed by atoms with Crippen LogP contribution >= 0.6 is 0 Å². The van der Waals surface area contributed by atoms with Gasteiger partial charge in [-0.3, -0.25) is 9.78 Å². The topological polar surface area (TPSA) is 91.2 Å². The van der Waals surface area contributed by atoms with Crippen LogP contribution in [-0.2, 0) is 16.0 Å². The number of rotatable bonds is 3. The molecule has 2 aromatic rings. The van der Waals surface area contributed by atoms with Gasteiger partial charge in [-0.1, -0.05) is 0 Å². The molecule has 1 heterocycles. The molecule has 5 nitrogen and oxygen atoms in total. The molecule has 0 amide bonds. The molecule has 104 valence electrons. The minimum absolute atomic E-state index is 0.0302. The lowest BCUT2D eigenvalue weighted by atomic mass is 10.0. The molecule has 0 radical (unpaired) electrons. The first kappa shape index (κ1) is 13.8. The van der Waals surface area contributed by atoms with E-state index in [2.05, 4.69) is 9.72 Å². The summed E-state index contributed by atoms with van der Waals surface area (Å²) in [4.78, 5) is 15.3. The van der Waals surface area contributed by atoms with E-state index in [1.165, 1.54) is 25.4 Å². The fourth-order valence-corrected chi connectivity index (χ4v) is 1.86. The number of ether oxygens (including phenoxy) is 1. The number of aromatic nitrogens is 1. The zero-order chi connectivity index (χ0) is 14.7. The Morgan fingerprint density at radius 1 is 1.40 bits per heavy atom. The fraction of sp³-hybridized carbons (Fsp3) is 0.143. The van der Waals surface area contributed by atoms with E-state index in [4.69, 9.17) is 11.5 Å². The molecule has 20 heavy (non-hydrogen) atoms. The average molecular weight is 275 g/mol. The minimum Gasteiger partial charge on any atom is -0.469 e. The Morgan fingerprint density at radius 2 is 2.15 bits per heavy atom. The van der Waals surface area contributed by atoms with Gasteiger partial charge in [0.25, 0.3) is 0 Å². The molecular weight excluding hydrogens is 261 g/mol. The van der Waals surface area contributed by atoms with Gasteiger partial charge in [-0.25, -0.2) is 4.39 Å². The molecule has 6 heteroatoms. The molecule has 4 N–H and O–H groups in total. The Hall–Kier alpha value is -2.63. The largest absolute Gasteiger partial charge is 0.469 e. The van der Waals surface area contributed by atoms with Gasteiger partial charge in [0.05, 0.1) is 24.9 Å². The summed E-state index contributed by atoms with van der Waals surface area (Å²) in [5.41, 5.74) is 13.2. The Bertz CT molecular complexity index is 659. The van der Waals surface area contributed by atoms with Crippen LogP contribution in [0.5, 0.6) is 0 Å². The Labute approximate surface area is 115 Å². The predicted molar refractivity (Wildman–Crippen MR) is 74.2 cm³/mol. The van der Waals surface area contributed by atoms with E-state index in [1.54, 1.807) is 12.1 Å². The maximum atomic E-state index is 13.8. The van der Waals surface area contributed by atoms with Crippen molar-refractivity contribution in [2.75, 3.05) is 18.6 Å². The summed E-state index contributed by atoms with van der Waals surface area (Å²) in [6.07, 6.45) is 1.49. The van der Waals surface area contributed by atoms with Crippen molar-refractivity contribution in [3.63, 3.8) is 0 Å². The molecule has 0 saturated heterocycles. The summed E-state index contributed by atoms with van der Waals surface area (Å²) in [6, 6.07) is 5.92. The van der Waals surface area contributed by atoms with Crippen molar-refractivity contribution in [2.24, 2.45) is 0 Å². The number of nitrogens with zero attached hydrogens (tertiary/aromatic N) is 1. The van der Waals surface area contributed by atoms with Crippen LogP contribution in [0.4, 0.5) is 15.8 Å². The first-order valence-electron chi connectivity index (χ1n) is 5.88. The van der Waals surface area contributed by atoms with E-state index in [1.807, 2.05) is 0 Å². The number of hydrogen-bond acceptors (Lipinski definition) is 5. The Morgan fingerprint density at radius 3 is 2.80 bits per heavy atom. The van der Waals surface area contributed by atoms with Crippen molar-refractivity contribution in [3.05, 3.63) is 41.8 Å². The van der Waals surface area contributed by atoms with Crippen molar-refractivity contribution < 1.29 is 13.9 Å². The SMILES string of the molecule is COC(=O)Cc1cc(N)c(N)c(-c2ncccc2F)c1. The second kappa shape index (κ2) is 5.56. The zero-order valence-electron chi connectivity index (χ0n) is 10.9. The van der Waals surface area contributed by atoms with E-state index < -0.39 is 11.8 Å². The number of nitrogen functional groups attached to an aromatic ring is 2. The fourth-order valence-electron chi connectivity index (χ4n) is 1.86. The molecule has 0 aliphatic carbocycles. The van der Waals surface area contributed by atoms with Gasteiger partial charge in [-0.2, -0.15) is 0 Å². The molecule has 0 bridgehead atoms. The summed E-state index contributed by atoms with van der Waals surface area (Å²) < 4.78 is 18.4. The number of esters is 1. The summed E-state index contributed by atoms with van der Waals surface area (Å²) >= 11 is 0. The number of nitrogens with two attached hydrogens (primary N) is 2. The van der Waals surface area contributed by atoms with Crippen molar-refractivity contribution in [3.8, 4) is 11.3 Å². The highest BCUT2D eigenvalue weighted by atomic mass is 19.1. The van der Waals surface area contributed by atoms with Crippen molar-refractivity contribution in [1.82, 2.24) is 4.98 Å². The summed E-state index contributed by atoms with van der Waals surface area (Å²) in [7, 11) is 1.29. The Kier molecular flexibility index (Phi) is 3.84. The number of hydrogen-bond donors (Lipinski definition) is 2. The normalized spacial score (nSPS) is 10.3. The number of benzene rings is 1. The van der Waals surface area contributed by atoms with Gasteiger partial charge < -0.3 is 16.2 Å². The smallest absolute Gasteiger partial charge is 0.309 e. The quantitative estimate of drug-likeness (QED) is 0.658. The van der Waals surface area contributed by atoms with Crippen molar-refractivity contribution in [2.45, 2.75) is 6.42 Å². The summed E-state index contributed by atoms with van der Waals surface area (Å²) in [5, 5.41) is 0. The van der Waals surface area contributed by atoms with Gasteiger partial charge in [0.15, 0.2) is 0 Å². The predicted octanol–water partition coefficient (Wildman–Crippen LogP) is 1.77. The van der Waals surface area contributed by atoms with Gasteiger partial charge in [-0.15, -0.1) is 0 Å². The molecule has 1 aromatic heterocycles. The van der Waals surface area contributed by atoms with Crippen LogP contribution in [0, 0.1) is 5.82 Å². The maximum absolute atomic E-state index is 13.8. The lowest BCUT2D eigenvalue weighted by Gasteiger charge is -2.11. The van der Waals surface area contributed by atoms with Crippen LogP contribution in [0.3, 0.4) is 0 Å². The lowest BCUT2D eigenvalue weighted by Crippen LogP contribution is -2.07. The van der Waals surface area contributed by atoms with Crippen LogP contribution in [-0.4, -0.2) is 18.1 Å². The number of methoxy groups -OCH3 is 1. The number of carbonyl (C=O) groups excluding carboxylic acids is 1. The number of pyridine rings is 1. The first-order chi connectivity index (χ1) is 9.52. The standard InChI is InChI=1S/C14H14FN3O2/c1-20-12(19)7-8-5-9(13(17)11(16)6-8)14-10(15)3-2-4-18-14/h2-6H,7,16-17H2,1H3. The van der Waals surface area contributed by atoms with Crippen LogP contribution in [0.15, 0.2) is 30.5 Å². The van der Waals surface area contributed by atoms with Gasteiger partial charge in [0, 0.05) is 11.8 Å². The van der Waals surface area contributed by atoms with Gasteiger partial charge in [0.1, 0.15) is 11.5 Å². The van der Waals surface area contributed by atoms with Crippen LogP contribution in [0.2, 0.25) is 0 Å². The number of anilines is 2. The average Bonchev–Trinajstić information content (AvgIpc) is 2.43. The highest BCUT2D eigenvalue weighted by Gasteiger charge is 2.14. The minimum atomic E-state index is -0.506. The van der Waals surface area contributed by atoms with E-state index >= 15 is 0 Å². The lowest BCUT2D eigenvalue weighted by molar-refractivity contribution is -0.139. The molecule has 0 atom stereocenters. The molecule has 0 aliphatic heterocycles. The van der Waals surface area contributed by atoms with E-state index in [-0.39, 0.29) is 23.5 Å². The molecule has 0 aliphatic rings. The second-order valence-corrected chi connectivity index (χ2v) is 4.23. The Balaban J connectivity index is 2.53. The third kappa shape index (κ3) is 2.69. The monoisotopic (exact) mass is 275 g/mol. The molecule has 2 rings (SSSR count). The van der Waals surface area contributed by atoms with Gasteiger partial charge in [-0.05, 0) is 29.8 Å². The highest BCUT2D eigenvalue weighted by molar-refractivity contribution is 5.85. The van der Waals surface area contributed by atoms with Crippen molar-refractivity contribution in [1.29, 1.82) is 0 Å². The summed E-state index contributed by atoms with van der Waals surface area (Å²) in [6.45, 7) is 0. The van der Waals surface area contributed by atoms with Crippen LogP contribution in [0.25, 0.3) is 11.3 Å². The zero-order valence-corrected chi connectivity index (χ0v) is 10.9. The van der Waals surface area contributed by atoms with Gasteiger partial charge >= 0.3 is 5.97 Å². The van der Waals surface area contributed by atoms with E-state index in [9.17, 15) is 9.18 Å².